The van der Waals surface area contributed by atoms with Crippen molar-refractivity contribution in [1.29, 1.82) is 0 Å². The molecule has 2 fully saturated rings. The summed E-state index contributed by atoms with van der Waals surface area (Å²) >= 11 is 0. The molecule has 1 aromatic heterocycles. The number of likely N-dealkylation sites (tertiary alicyclic amines) is 1. The first-order valence-corrected chi connectivity index (χ1v) is 8.91. The molecule has 2 saturated heterocycles. The topological polar surface area (TPSA) is 80.5 Å². The molecular weight excluding hydrogens is 344 g/mol. The minimum absolute atomic E-state index is 0. The number of aromatic nitrogens is 2. The molecule has 0 aromatic carbocycles. The van der Waals surface area contributed by atoms with Crippen LogP contribution in [-0.4, -0.2) is 60.8 Å². The molecule has 3 rings (SSSR count). The first-order chi connectivity index (χ1) is 11.6. The van der Waals surface area contributed by atoms with Gasteiger partial charge in [0.05, 0.1) is 12.0 Å². The van der Waals surface area contributed by atoms with Crippen LogP contribution in [0.3, 0.4) is 0 Å². The van der Waals surface area contributed by atoms with Gasteiger partial charge in [0.25, 0.3) is 0 Å². The summed E-state index contributed by atoms with van der Waals surface area (Å²) in [4.78, 5) is 19.6. The van der Waals surface area contributed by atoms with Gasteiger partial charge in [-0.2, -0.15) is 4.98 Å². The third-order valence-corrected chi connectivity index (χ3v) is 5.28. The normalized spacial score (nSPS) is 23.1. The highest BCUT2D eigenvalue weighted by molar-refractivity contribution is 5.85. The summed E-state index contributed by atoms with van der Waals surface area (Å²) in [6.07, 6.45) is 4.63. The first kappa shape index (κ1) is 20.1. The number of rotatable bonds is 5. The van der Waals surface area contributed by atoms with Crippen molar-refractivity contribution in [3.05, 3.63) is 11.7 Å². The van der Waals surface area contributed by atoms with Crippen LogP contribution in [0.1, 0.15) is 37.4 Å². The fourth-order valence-corrected chi connectivity index (χ4v) is 4.04. The lowest BCUT2D eigenvalue weighted by atomic mass is 9.77. The standard InChI is InChI=1S/C17H28N4O3.ClH/c1-13-19-15(20-24-13)10-14-4-3-9-21(11-14)16(22)17(12-23-2)5-7-18-8-6-17;/h14,18H,3-12H2,1-2H3;1H. The van der Waals surface area contributed by atoms with Crippen molar-refractivity contribution in [3.8, 4) is 0 Å². The van der Waals surface area contributed by atoms with Gasteiger partial charge in [-0.15, -0.1) is 12.4 Å². The SMILES string of the molecule is COCC1(C(=O)N2CCCC(Cc3noc(C)n3)C2)CCNCC1.Cl. The third-order valence-electron chi connectivity index (χ3n) is 5.28. The number of aryl methyl sites for hydroxylation is 1. The Morgan fingerprint density at radius 3 is 2.84 bits per heavy atom. The van der Waals surface area contributed by atoms with Crippen LogP contribution in [0.5, 0.6) is 0 Å². The van der Waals surface area contributed by atoms with E-state index in [2.05, 4.69) is 15.5 Å². The summed E-state index contributed by atoms with van der Waals surface area (Å²) in [6, 6.07) is 0. The summed E-state index contributed by atoms with van der Waals surface area (Å²) < 4.78 is 10.5. The molecule has 0 radical (unpaired) electrons. The molecule has 1 amide bonds. The average Bonchev–Trinajstić information content (AvgIpc) is 3.00. The number of ether oxygens (including phenoxy) is 1. The zero-order valence-corrected chi connectivity index (χ0v) is 15.9. The molecule has 1 aromatic rings. The fraction of sp³-hybridized carbons (Fsp3) is 0.824. The van der Waals surface area contributed by atoms with Gasteiger partial charge in [-0.25, -0.2) is 0 Å². The lowest BCUT2D eigenvalue weighted by molar-refractivity contribution is -0.149. The summed E-state index contributed by atoms with van der Waals surface area (Å²) in [5.74, 6) is 2.02. The monoisotopic (exact) mass is 372 g/mol. The van der Waals surface area contributed by atoms with Crippen LogP contribution in [0, 0.1) is 18.3 Å². The van der Waals surface area contributed by atoms with E-state index < -0.39 is 0 Å². The number of carbonyl (C=O) groups excluding carboxylic acids is 1. The maximum Gasteiger partial charge on any atom is 0.231 e. The Bertz CT molecular complexity index is 554. The van der Waals surface area contributed by atoms with E-state index in [0.29, 0.717) is 18.4 Å². The van der Waals surface area contributed by atoms with E-state index in [-0.39, 0.29) is 23.7 Å². The second-order valence-electron chi connectivity index (χ2n) is 7.16. The quantitative estimate of drug-likeness (QED) is 0.845. The van der Waals surface area contributed by atoms with Crippen molar-refractivity contribution in [3.63, 3.8) is 0 Å². The molecular formula is C17H29ClN4O3. The van der Waals surface area contributed by atoms with Crippen LogP contribution >= 0.6 is 12.4 Å². The summed E-state index contributed by atoms with van der Waals surface area (Å²) in [7, 11) is 1.69. The zero-order chi connectivity index (χ0) is 17.0. The Kier molecular flexibility index (Phi) is 7.22. The molecule has 0 aliphatic carbocycles. The van der Waals surface area contributed by atoms with Crippen molar-refractivity contribution in [2.75, 3.05) is 39.9 Å². The number of nitrogens with one attached hydrogen (secondary N) is 1. The number of piperidine rings is 2. The molecule has 25 heavy (non-hydrogen) atoms. The highest BCUT2D eigenvalue weighted by atomic mass is 35.5. The highest BCUT2D eigenvalue weighted by Crippen LogP contribution is 2.33. The van der Waals surface area contributed by atoms with E-state index in [1.165, 1.54) is 0 Å². The summed E-state index contributed by atoms with van der Waals surface area (Å²) in [6.45, 7) is 5.71. The second kappa shape index (κ2) is 8.96. The van der Waals surface area contributed by atoms with Gasteiger partial charge in [0.2, 0.25) is 11.8 Å². The van der Waals surface area contributed by atoms with Crippen molar-refractivity contribution < 1.29 is 14.1 Å². The number of amides is 1. The van der Waals surface area contributed by atoms with Gasteiger partial charge in [-0.05, 0) is 44.7 Å². The van der Waals surface area contributed by atoms with Gasteiger partial charge >= 0.3 is 0 Å². The summed E-state index contributed by atoms with van der Waals surface area (Å²) in [5.41, 5.74) is -0.357. The van der Waals surface area contributed by atoms with Crippen LogP contribution in [0.4, 0.5) is 0 Å². The number of hydrogen-bond donors (Lipinski definition) is 1. The van der Waals surface area contributed by atoms with Crippen molar-refractivity contribution >= 4 is 18.3 Å². The molecule has 1 N–H and O–H groups in total. The van der Waals surface area contributed by atoms with Gasteiger partial charge < -0.3 is 19.5 Å². The third kappa shape index (κ3) is 4.71. The van der Waals surface area contributed by atoms with Crippen LogP contribution in [0.25, 0.3) is 0 Å². The molecule has 3 heterocycles. The number of nitrogens with zero attached hydrogens (tertiary/aromatic N) is 3. The maximum absolute atomic E-state index is 13.2. The van der Waals surface area contributed by atoms with E-state index in [9.17, 15) is 4.79 Å². The molecule has 142 valence electrons. The predicted octanol–water partition coefficient (Wildman–Crippen LogP) is 1.60. The first-order valence-electron chi connectivity index (χ1n) is 8.91. The van der Waals surface area contributed by atoms with Crippen molar-refractivity contribution in [1.82, 2.24) is 20.4 Å². The molecule has 2 aliphatic rings. The highest BCUT2D eigenvalue weighted by Gasteiger charge is 2.43. The second-order valence-corrected chi connectivity index (χ2v) is 7.16. The van der Waals surface area contributed by atoms with E-state index in [0.717, 1.165) is 64.1 Å². The van der Waals surface area contributed by atoms with E-state index in [1.807, 2.05) is 4.90 Å². The Morgan fingerprint density at radius 2 is 2.20 bits per heavy atom. The molecule has 0 saturated carbocycles. The number of halogens is 1. The average molecular weight is 373 g/mol. The molecule has 1 unspecified atom stereocenters. The number of methoxy groups -OCH3 is 1. The molecule has 0 spiro atoms. The molecule has 0 bridgehead atoms. The predicted molar refractivity (Wildman–Crippen MR) is 95.7 cm³/mol. The Hall–Kier alpha value is -1.18. The smallest absolute Gasteiger partial charge is 0.231 e. The lowest BCUT2D eigenvalue weighted by Crippen LogP contribution is -2.53. The molecule has 1 atom stereocenters. The Labute approximate surface area is 155 Å². The molecule has 8 heteroatoms. The van der Waals surface area contributed by atoms with Gasteiger partial charge in [-0.1, -0.05) is 5.16 Å². The van der Waals surface area contributed by atoms with Crippen molar-refractivity contribution in [2.45, 2.75) is 39.0 Å². The minimum atomic E-state index is -0.357. The van der Waals surface area contributed by atoms with Gasteiger partial charge in [0.1, 0.15) is 0 Å². The van der Waals surface area contributed by atoms with E-state index >= 15 is 0 Å². The van der Waals surface area contributed by atoms with E-state index in [1.54, 1.807) is 14.0 Å². The van der Waals surface area contributed by atoms with Crippen LogP contribution in [0.2, 0.25) is 0 Å². The molecule has 7 nitrogen and oxygen atoms in total. The van der Waals surface area contributed by atoms with Crippen LogP contribution in [0.15, 0.2) is 4.52 Å². The Morgan fingerprint density at radius 1 is 1.44 bits per heavy atom. The van der Waals surface area contributed by atoms with Gasteiger partial charge in [0, 0.05) is 33.5 Å². The van der Waals surface area contributed by atoms with E-state index in [4.69, 9.17) is 9.26 Å². The summed E-state index contributed by atoms with van der Waals surface area (Å²) in [5, 5.41) is 7.34. The van der Waals surface area contributed by atoms with Crippen LogP contribution in [-0.2, 0) is 16.0 Å². The van der Waals surface area contributed by atoms with Gasteiger partial charge in [0.15, 0.2) is 5.82 Å². The Balaban J connectivity index is 0.00000225. The molecule has 2 aliphatic heterocycles. The number of carbonyl (C=O) groups is 1. The minimum Gasteiger partial charge on any atom is -0.384 e. The number of hydrogen-bond acceptors (Lipinski definition) is 6. The zero-order valence-electron chi connectivity index (χ0n) is 15.1. The lowest BCUT2D eigenvalue weighted by Gasteiger charge is -2.42. The fourth-order valence-electron chi connectivity index (χ4n) is 4.04. The van der Waals surface area contributed by atoms with Crippen LogP contribution < -0.4 is 5.32 Å². The van der Waals surface area contributed by atoms with Gasteiger partial charge in [-0.3, -0.25) is 4.79 Å². The largest absolute Gasteiger partial charge is 0.384 e. The van der Waals surface area contributed by atoms with Crippen molar-refractivity contribution in [2.24, 2.45) is 11.3 Å². The maximum atomic E-state index is 13.2.